The zero-order valence-corrected chi connectivity index (χ0v) is 13.5. The fourth-order valence-electron chi connectivity index (χ4n) is 2.24. The van der Waals surface area contributed by atoms with Gasteiger partial charge >= 0.3 is 0 Å². The first-order valence-electron chi connectivity index (χ1n) is 7.67. The van der Waals surface area contributed by atoms with Gasteiger partial charge in [0.2, 0.25) is 11.8 Å². The zero-order chi connectivity index (χ0) is 17.6. The Bertz CT molecular complexity index is 865. The maximum absolute atomic E-state index is 13.8. The summed E-state index contributed by atoms with van der Waals surface area (Å²) < 4.78 is 24.3. The van der Waals surface area contributed by atoms with Crippen LogP contribution >= 0.6 is 0 Å². The van der Waals surface area contributed by atoms with Crippen molar-refractivity contribution in [2.75, 3.05) is 13.7 Å². The van der Waals surface area contributed by atoms with Gasteiger partial charge in [0, 0.05) is 24.6 Å². The van der Waals surface area contributed by atoms with Crippen molar-refractivity contribution >= 4 is 5.91 Å². The predicted molar refractivity (Wildman–Crippen MR) is 88.7 cm³/mol. The van der Waals surface area contributed by atoms with Crippen molar-refractivity contribution < 1.29 is 18.3 Å². The quantitative estimate of drug-likeness (QED) is 0.746. The number of carbonyl (C=O) groups excluding carboxylic acids is 1. The normalized spacial score (nSPS) is 10.5. The first kappa shape index (κ1) is 16.6. The van der Waals surface area contributed by atoms with E-state index in [-0.39, 0.29) is 12.1 Å². The molecule has 0 aliphatic carbocycles. The maximum atomic E-state index is 13.8. The van der Waals surface area contributed by atoms with Gasteiger partial charge in [-0.15, -0.1) is 10.2 Å². The van der Waals surface area contributed by atoms with Gasteiger partial charge in [0.15, 0.2) is 0 Å². The minimum Gasteiger partial charge on any atom is -0.497 e. The van der Waals surface area contributed by atoms with Crippen molar-refractivity contribution in [1.29, 1.82) is 0 Å². The Balaban J connectivity index is 1.56. The van der Waals surface area contributed by atoms with Gasteiger partial charge in [-0.3, -0.25) is 4.79 Å². The van der Waals surface area contributed by atoms with Crippen LogP contribution in [0.25, 0.3) is 11.5 Å². The largest absolute Gasteiger partial charge is 0.497 e. The predicted octanol–water partition coefficient (Wildman–Crippen LogP) is 2.86. The highest BCUT2D eigenvalue weighted by atomic mass is 19.1. The second kappa shape index (κ2) is 7.57. The molecule has 1 heterocycles. The lowest BCUT2D eigenvalue weighted by atomic mass is 10.2. The molecule has 0 saturated heterocycles. The van der Waals surface area contributed by atoms with E-state index < -0.39 is 11.7 Å². The summed E-state index contributed by atoms with van der Waals surface area (Å²) in [5, 5.41) is 10.5. The lowest BCUT2D eigenvalue weighted by molar-refractivity contribution is 0.0949. The fraction of sp³-hybridized carbons (Fsp3) is 0.167. The lowest BCUT2D eigenvalue weighted by Crippen LogP contribution is -2.26. The smallest absolute Gasteiger partial charge is 0.254 e. The molecule has 1 amide bonds. The summed E-state index contributed by atoms with van der Waals surface area (Å²) in [7, 11) is 1.43. The topological polar surface area (TPSA) is 77.2 Å². The lowest BCUT2D eigenvalue weighted by Gasteiger charge is -2.06. The van der Waals surface area contributed by atoms with E-state index in [0.29, 0.717) is 24.0 Å². The number of methoxy groups -OCH3 is 1. The number of benzene rings is 2. The van der Waals surface area contributed by atoms with Crippen LogP contribution in [0.5, 0.6) is 5.75 Å². The Kier molecular flexibility index (Phi) is 5.03. The van der Waals surface area contributed by atoms with Crippen molar-refractivity contribution in [3.8, 4) is 17.2 Å². The second-order valence-corrected chi connectivity index (χ2v) is 5.22. The van der Waals surface area contributed by atoms with Crippen molar-refractivity contribution in [2.45, 2.75) is 6.42 Å². The Morgan fingerprint density at radius 1 is 1.20 bits per heavy atom. The highest BCUT2D eigenvalue weighted by molar-refractivity contribution is 5.94. The van der Waals surface area contributed by atoms with Crippen molar-refractivity contribution in [3.05, 3.63) is 65.8 Å². The summed E-state index contributed by atoms with van der Waals surface area (Å²) >= 11 is 0. The summed E-state index contributed by atoms with van der Waals surface area (Å²) in [4.78, 5) is 12.0. The van der Waals surface area contributed by atoms with Gasteiger partial charge in [0.1, 0.15) is 11.6 Å². The molecule has 0 saturated carbocycles. The molecule has 1 aromatic heterocycles. The summed E-state index contributed by atoms with van der Waals surface area (Å²) in [6, 6.07) is 13.5. The van der Waals surface area contributed by atoms with Crippen molar-refractivity contribution in [1.82, 2.24) is 15.5 Å². The molecule has 0 aliphatic rings. The van der Waals surface area contributed by atoms with Crippen LogP contribution in [0, 0.1) is 5.82 Å². The van der Waals surface area contributed by atoms with Crippen LogP contribution in [-0.4, -0.2) is 29.8 Å². The Morgan fingerprint density at radius 3 is 2.72 bits per heavy atom. The van der Waals surface area contributed by atoms with Crippen molar-refractivity contribution in [3.63, 3.8) is 0 Å². The molecule has 3 aromatic rings. The average Bonchev–Trinajstić information content (AvgIpc) is 3.11. The zero-order valence-electron chi connectivity index (χ0n) is 13.5. The van der Waals surface area contributed by atoms with Crippen LogP contribution in [0.4, 0.5) is 4.39 Å². The van der Waals surface area contributed by atoms with E-state index in [1.165, 1.54) is 25.3 Å². The van der Waals surface area contributed by atoms with E-state index in [4.69, 9.17) is 9.15 Å². The van der Waals surface area contributed by atoms with E-state index in [1.54, 1.807) is 0 Å². The molecule has 6 nitrogen and oxygen atoms in total. The SMILES string of the molecule is COc1ccc(C(=O)NCCc2nnc(-c3ccccc3)o2)c(F)c1. The second-order valence-electron chi connectivity index (χ2n) is 5.22. The van der Waals surface area contributed by atoms with Gasteiger partial charge in [-0.2, -0.15) is 0 Å². The number of hydrogen-bond acceptors (Lipinski definition) is 5. The van der Waals surface area contributed by atoms with E-state index >= 15 is 0 Å². The number of hydrogen-bond donors (Lipinski definition) is 1. The fourth-order valence-corrected chi connectivity index (χ4v) is 2.24. The molecule has 2 aromatic carbocycles. The van der Waals surface area contributed by atoms with E-state index in [1.807, 2.05) is 30.3 Å². The van der Waals surface area contributed by atoms with Crippen molar-refractivity contribution in [2.24, 2.45) is 0 Å². The average molecular weight is 341 g/mol. The van der Waals surface area contributed by atoms with Crippen LogP contribution < -0.4 is 10.1 Å². The monoisotopic (exact) mass is 341 g/mol. The van der Waals surface area contributed by atoms with Crippen LogP contribution in [0.2, 0.25) is 0 Å². The number of nitrogens with zero attached hydrogens (tertiary/aromatic N) is 2. The van der Waals surface area contributed by atoms with E-state index in [2.05, 4.69) is 15.5 Å². The van der Waals surface area contributed by atoms with E-state index in [0.717, 1.165) is 5.56 Å². The first-order chi connectivity index (χ1) is 12.2. The summed E-state index contributed by atoms with van der Waals surface area (Å²) in [6.07, 6.45) is 0.351. The molecule has 0 fully saturated rings. The molecule has 25 heavy (non-hydrogen) atoms. The van der Waals surface area contributed by atoms with Gasteiger partial charge in [0.05, 0.1) is 12.7 Å². The van der Waals surface area contributed by atoms with Gasteiger partial charge < -0.3 is 14.5 Å². The Labute approximate surface area is 143 Å². The number of rotatable bonds is 6. The Hall–Kier alpha value is -3.22. The third-order valence-electron chi connectivity index (χ3n) is 3.53. The van der Waals surface area contributed by atoms with Gasteiger partial charge in [-0.05, 0) is 24.3 Å². The highest BCUT2D eigenvalue weighted by Crippen LogP contribution is 2.17. The van der Waals surface area contributed by atoms with E-state index in [9.17, 15) is 9.18 Å². The molecular formula is C18H16FN3O3. The molecule has 0 aliphatic heterocycles. The molecule has 1 N–H and O–H groups in total. The minimum atomic E-state index is -0.638. The standard InChI is InChI=1S/C18H16FN3O3/c1-24-13-7-8-14(15(19)11-13)17(23)20-10-9-16-21-22-18(25-16)12-5-3-2-4-6-12/h2-8,11H,9-10H2,1H3,(H,20,23). The molecule has 3 rings (SSSR count). The van der Waals surface area contributed by atoms with Crippen LogP contribution in [0.3, 0.4) is 0 Å². The van der Waals surface area contributed by atoms with Crippen LogP contribution in [0.1, 0.15) is 16.2 Å². The number of halogens is 1. The third-order valence-corrected chi connectivity index (χ3v) is 3.53. The minimum absolute atomic E-state index is 0.0451. The molecule has 7 heteroatoms. The number of ether oxygens (including phenoxy) is 1. The molecular weight excluding hydrogens is 325 g/mol. The molecule has 0 radical (unpaired) electrons. The summed E-state index contributed by atoms with van der Waals surface area (Å²) in [5.74, 6) is 0.0230. The molecule has 0 bridgehead atoms. The number of nitrogens with one attached hydrogen (secondary N) is 1. The van der Waals surface area contributed by atoms with Gasteiger partial charge in [-0.25, -0.2) is 4.39 Å². The summed E-state index contributed by atoms with van der Waals surface area (Å²) in [5.41, 5.74) is 0.780. The molecule has 128 valence electrons. The maximum Gasteiger partial charge on any atom is 0.254 e. The third kappa shape index (κ3) is 4.00. The number of amides is 1. The Morgan fingerprint density at radius 2 is 2.00 bits per heavy atom. The van der Waals surface area contributed by atoms with Crippen LogP contribution in [-0.2, 0) is 6.42 Å². The molecule has 0 atom stereocenters. The highest BCUT2D eigenvalue weighted by Gasteiger charge is 2.13. The first-order valence-corrected chi connectivity index (χ1v) is 7.67. The molecule has 0 spiro atoms. The van der Waals surface area contributed by atoms with Gasteiger partial charge in [0.25, 0.3) is 5.91 Å². The van der Waals surface area contributed by atoms with Gasteiger partial charge in [-0.1, -0.05) is 18.2 Å². The number of carbonyl (C=O) groups is 1. The molecule has 0 unspecified atom stereocenters. The van der Waals surface area contributed by atoms with Crippen LogP contribution in [0.15, 0.2) is 52.9 Å². The number of aromatic nitrogens is 2. The summed E-state index contributed by atoms with van der Waals surface area (Å²) in [6.45, 7) is 0.251.